The van der Waals surface area contributed by atoms with Crippen molar-refractivity contribution in [2.24, 2.45) is 0 Å². The lowest BCUT2D eigenvalue weighted by Crippen LogP contribution is -2.38. The molecule has 2 rings (SSSR count). The van der Waals surface area contributed by atoms with Gasteiger partial charge >= 0.3 is 18.0 Å². The Balaban J connectivity index is 2.27. The van der Waals surface area contributed by atoms with Gasteiger partial charge in [-0.1, -0.05) is 0 Å². The van der Waals surface area contributed by atoms with Gasteiger partial charge in [-0.3, -0.25) is 0 Å². The van der Waals surface area contributed by atoms with Gasteiger partial charge in [0.15, 0.2) is 0 Å². The molecular weight excluding hydrogens is 264 g/mol. The van der Waals surface area contributed by atoms with E-state index in [4.69, 9.17) is 14.2 Å². The van der Waals surface area contributed by atoms with Gasteiger partial charge in [-0.25, -0.2) is 4.79 Å². The van der Waals surface area contributed by atoms with Crippen LogP contribution in [0, 0.1) is 0 Å². The second kappa shape index (κ2) is 6.36. The number of hydrogen-bond acceptors (Lipinski definition) is 8. The maximum atomic E-state index is 11.9. The highest BCUT2D eigenvalue weighted by Gasteiger charge is 2.34. The highest BCUT2D eigenvalue weighted by atomic mass is 16.5. The lowest BCUT2D eigenvalue weighted by atomic mass is 10.2. The zero-order valence-electron chi connectivity index (χ0n) is 11.8. The van der Waals surface area contributed by atoms with Crippen molar-refractivity contribution in [1.82, 2.24) is 15.0 Å². The largest absolute Gasteiger partial charge is 0.467 e. The number of carbonyl (C=O) groups is 1. The molecule has 1 aromatic heterocycles. The maximum Gasteiger partial charge on any atom is 0.328 e. The third-order valence-corrected chi connectivity index (χ3v) is 3.02. The Hall–Kier alpha value is -2.12. The number of methoxy groups -OCH3 is 2. The molecule has 0 amide bonds. The number of anilines is 1. The Bertz CT molecular complexity index is 460. The van der Waals surface area contributed by atoms with Gasteiger partial charge in [-0.2, -0.15) is 9.97 Å². The summed E-state index contributed by atoms with van der Waals surface area (Å²) in [4.78, 5) is 26.0. The fourth-order valence-electron chi connectivity index (χ4n) is 2.13. The Labute approximate surface area is 117 Å². The fourth-order valence-corrected chi connectivity index (χ4v) is 2.13. The lowest BCUT2D eigenvalue weighted by molar-refractivity contribution is -0.144. The van der Waals surface area contributed by atoms with Gasteiger partial charge in [0.1, 0.15) is 6.04 Å². The van der Waals surface area contributed by atoms with Crippen LogP contribution in [-0.2, 0) is 9.53 Å². The Kier molecular flexibility index (Phi) is 4.54. The quantitative estimate of drug-likeness (QED) is 0.718. The molecule has 0 saturated carbocycles. The van der Waals surface area contributed by atoms with E-state index in [-0.39, 0.29) is 24.0 Å². The van der Waals surface area contributed by atoms with Crippen molar-refractivity contribution < 1.29 is 19.0 Å². The second-order valence-electron chi connectivity index (χ2n) is 4.21. The first kappa shape index (κ1) is 14.3. The summed E-state index contributed by atoms with van der Waals surface area (Å²) in [6, 6.07) is -0.0607. The van der Waals surface area contributed by atoms with E-state index in [1.807, 2.05) is 0 Å². The average molecular weight is 282 g/mol. The van der Waals surface area contributed by atoms with Crippen molar-refractivity contribution in [2.45, 2.75) is 25.8 Å². The molecule has 0 radical (unpaired) electrons. The number of hydrogen-bond donors (Lipinski definition) is 0. The van der Waals surface area contributed by atoms with Crippen molar-refractivity contribution in [3.63, 3.8) is 0 Å². The van der Waals surface area contributed by atoms with Gasteiger partial charge in [-0.15, -0.1) is 4.98 Å². The Morgan fingerprint density at radius 3 is 2.45 bits per heavy atom. The van der Waals surface area contributed by atoms with E-state index in [1.54, 1.807) is 11.8 Å². The highest BCUT2D eigenvalue weighted by molar-refractivity contribution is 5.80. The smallest absolute Gasteiger partial charge is 0.328 e. The molecule has 1 fully saturated rings. The Morgan fingerprint density at radius 1 is 1.25 bits per heavy atom. The van der Waals surface area contributed by atoms with E-state index in [2.05, 4.69) is 15.0 Å². The summed E-state index contributed by atoms with van der Waals surface area (Å²) >= 11 is 0. The first-order valence-electron chi connectivity index (χ1n) is 6.47. The lowest BCUT2D eigenvalue weighted by Gasteiger charge is -2.23. The van der Waals surface area contributed by atoms with Crippen LogP contribution in [0.25, 0.3) is 0 Å². The normalized spacial score (nSPS) is 17.9. The molecule has 2 heterocycles. The van der Waals surface area contributed by atoms with Crippen molar-refractivity contribution in [3.8, 4) is 12.0 Å². The molecule has 0 aromatic carbocycles. The fraction of sp³-hybridized carbons (Fsp3) is 0.667. The number of aromatic nitrogens is 3. The van der Waals surface area contributed by atoms with Gasteiger partial charge in [0, 0.05) is 6.54 Å². The van der Waals surface area contributed by atoms with Gasteiger partial charge < -0.3 is 19.1 Å². The van der Waals surface area contributed by atoms with Crippen molar-refractivity contribution >= 4 is 11.9 Å². The summed E-state index contributed by atoms with van der Waals surface area (Å²) in [5.41, 5.74) is 0. The summed E-state index contributed by atoms with van der Waals surface area (Å²) in [6.07, 6.45) is 1.59. The van der Waals surface area contributed by atoms with E-state index in [0.29, 0.717) is 19.1 Å². The SMILES string of the molecule is CCOC(=O)C1CCCN1c1nc(OC)nc(OC)n1. The molecule has 0 aliphatic carbocycles. The summed E-state index contributed by atoms with van der Waals surface area (Å²) < 4.78 is 15.1. The third kappa shape index (κ3) is 2.89. The molecule has 0 spiro atoms. The zero-order chi connectivity index (χ0) is 14.5. The van der Waals surface area contributed by atoms with Gasteiger partial charge in [0.25, 0.3) is 0 Å². The number of esters is 1. The van der Waals surface area contributed by atoms with Crippen LogP contribution >= 0.6 is 0 Å². The van der Waals surface area contributed by atoms with E-state index in [0.717, 1.165) is 12.8 Å². The van der Waals surface area contributed by atoms with Crippen molar-refractivity contribution in [3.05, 3.63) is 0 Å². The van der Waals surface area contributed by atoms with Crippen LogP contribution in [0.5, 0.6) is 12.0 Å². The van der Waals surface area contributed by atoms with Gasteiger partial charge in [0.05, 0.1) is 20.8 Å². The Morgan fingerprint density at radius 2 is 1.90 bits per heavy atom. The van der Waals surface area contributed by atoms with Gasteiger partial charge in [-0.05, 0) is 19.8 Å². The predicted molar refractivity (Wildman–Crippen MR) is 69.9 cm³/mol. The molecule has 1 saturated heterocycles. The second-order valence-corrected chi connectivity index (χ2v) is 4.21. The molecule has 1 aromatic rings. The molecule has 8 heteroatoms. The van der Waals surface area contributed by atoms with Crippen LogP contribution in [0.3, 0.4) is 0 Å². The topological polar surface area (TPSA) is 86.7 Å². The highest BCUT2D eigenvalue weighted by Crippen LogP contribution is 2.25. The molecule has 1 aliphatic heterocycles. The minimum absolute atomic E-state index is 0.154. The molecule has 1 aliphatic rings. The summed E-state index contributed by atoms with van der Waals surface area (Å²) in [7, 11) is 2.93. The van der Waals surface area contributed by atoms with Crippen LogP contribution in [0.1, 0.15) is 19.8 Å². The number of rotatable bonds is 5. The molecule has 110 valence electrons. The maximum absolute atomic E-state index is 11.9. The van der Waals surface area contributed by atoms with Crippen LogP contribution < -0.4 is 14.4 Å². The molecule has 0 bridgehead atoms. The zero-order valence-corrected chi connectivity index (χ0v) is 11.8. The van der Waals surface area contributed by atoms with E-state index in [1.165, 1.54) is 14.2 Å². The van der Waals surface area contributed by atoms with Crippen LogP contribution in [0.2, 0.25) is 0 Å². The minimum Gasteiger partial charge on any atom is -0.467 e. The molecule has 0 N–H and O–H groups in total. The van der Waals surface area contributed by atoms with Crippen LogP contribution in [0.15, 0.2) is 0 Å². The molecule has 1 unspecified atom stereocenters. The first-order valence-corrected chi connectivity index (χ1v) is 6.47. The van der Waals surface area contributed by atoms with Crippen molar-refractivity contribution in [1.29, 1.82) is 0 Å². The monoisotopic (exact) mass is 282 g/mol. The first-order chi connectivity index (χ1) is 9.69. The summed E-state index contributed by atoms with van der Waals surface area (Å²) in [5.74, 6) is 0.104. The van der Waals surface area contributed by atoms with E-state index < -0.39 is 0 Å². The predicted octanol–water partition coefficient (Wildman–Crippen LogP) is 0.421. The van der Waals surface area contributed by atoms with Crippen LogP contribution in [0.4, 0.5) is 5.95 Å². The standard InChI is InChI=1S/C12H18N4O4/c1-4-20-9(17)8-6-5-7-16(8)10-13-11(18-2)15-12(14-10)19-3/h8H,4-7H2,1-3H3. The molecule has 1 atom stereocenters. The van der Waals surface area contributed by atoms with Crippen LogP contribution in [-0.4, -0.2) is 54.3 Å². The van der Waals surface area contributed by atoms with Gasteiger partial charge in [0.2, 0.25) is 5.95 Å². The summed E-state index contributed by atoms with van der Waals surface area (Å²) in [6.45, 7) is 2.82. The van der Waals surface area contributed by atoms with E-state index >= 15 is 0 Å². The molecule has 8 nitrogen and oxygen atoms in total. The summed E-state index contributed by atoms with van der Waals surface area (Å²) in [5, 5.41) is 0. The van der Waals surface area contributed by atoms with E-state index in [9.17, 15) is 4.79 Å². The number of ether oxygens (including phenoxy) is 3. The molecular formula is C12H18N4O4. The minimum atomic E-state index is -0.369. The molecule has 20 heavy (non-hydrogen) atoms. The number of carbonyl (C=O) groups excluding carboxylic acids is 1. The average Bonchev–Trinajstić information content (AvgIpc) is 2.96. The third-order valence-electron chi connectivity index (χ3n) is 3.02. The van der Waals surface area contributed by atoms with Crippen molar-refractivity contribution in [2.75, 3.05) is 32.3 Å². The number of nitrogens with zero attached hydrogens (tertiary/aromatic N) is 4.